The van der Waals surface area contributed by atoms with Gasteiger partial charge in [0.05, 0.1) is 6.61 Å². The molecule has 0 saturated carbocycles. The van der Waals surface area contributed by atoms with E-state index in [0.29, 0.717) is 38.2 Å². The highest BCUT2D eigenvalue weighted by Gasteiger charge is 2.16. The Balaban J connectivity index is 1.39. The lowest BCUT2D eigenvalue weighted by molar-refractivity contribution is -0.116. The van der Waals surface area contributed by atoms with Crippen molar-refractivity contribution in [2.24, 2.45) is 0 Å². The molecular weight excluding hydrogens is 316 g/mol. The lowest BCUT2D eigenvalue weighted by atomic mass is 10.00. The summed E-state index contributed by atoms with van der Waals surface area (Å²) in [6.07, 6.45) is 1.91. The molecule has 0 aromatic heterocycles. The molecule has 2 amide bonds. The number of hydrogen-bond donors (Lipinski definition) is 2. The van der Waals surface area contributed by atoms with Gasteiger partial charge >= 0.3 is 0 Å². The van der Waals surface area contributed by atoms with Crippen molar-refractivity contribution < 1.29 is 14.3 Å². The second-order valence-electron chi connectivity index (χ2n) is 6.07. The van der Waals surface area contributed by atoms with Gasteiger partial charge in [0.25, 0.3) is 5.91 Å². The summed E-state index contributed by atoms with van der Waals surface area (Å²) in [6, 6.07) is 15.4. The summed E-state index contributed by atoms with van der Waals surface area (Å²) in [6.45, 7) is 1.76. The minimum atomic E-state index is -0.0947. The van der Waals surface area contributed by atoms with Crippen LogP contribution in [0.5, 0.6) is 0 Å². The Labute approximate surface area is 147 Å². The van der Waals surface area contributed by atoms with Gasteiger partial charge in [-0.2, -0.15) is 0 Å². The summed E-state index contributed by atoms with van der Waals surface area (Å²) in [4.78, 5) is 23.6. The monoisotopic (exact) mass is 338 g/mol. The maximum Gasteiger partial charge on any atom is 0.251 e. The van der Waals surface area contributed by atoms with Crippen LogP contribution in [-0.2, 0) is 22.6 Å². The highest BCUT2D eigenvalue weighted by molar-refractivity contribution is 5.97. The van der Waals surface area contributed by atoms with E-state index in [1.807, 2.05) is 36.4 Å². The number of ether oxygens (including phenoxy) is 1. The smallest absolute Gasteiger partial charge is 0.251 e. The van der Waals surface area contributed by atoms with Crippen molar-refractivity contribution in [2.75, 3.05) is 18.5 Å². The van der Waals surface area contributed by atoms with Crippen LogP contribution in [-0.4, -0.2) is 25.0 Å². The summed E-state index contributed by atoms with van der Waals surface area (Å²) in [5.41, 5.74) is 3.59. The molecule has 0 unspecified atom stereocenters. The summed E-state index contributed by atoms with van der Waals surface area (Å²) >= 11 is 0. The topological polar surface area (TPSA) is 67.4 Å². The minimum Gasteiger partial charge on any atom is -0.377 e. The molecule has 0 fully saturated rings. The average molecular weight is 338 g/mol. The van der Waals surface area contributed by atoms with Crippen molar-refractivity contribution in [1.82, 2.24) is 5.32 Å². The Hall–Kier alpha value is -2.66. The largest absolute Gasteiger partial charge is 0.377 e. The van der Waals surface area contributed by atoms with Crippen molar-refractivity contribution in [3.05, 3.63) is 65.2 Å². The van der Waals surface area contributed by atoms with Crippen molar-refractivity contribution in [3.8, 4) is 0 Å². The molecule has 0 radical (unpaired) electrons. The first kappa shape index (κ1) is 17.2. The normalized spacial score (nSPS) is 13.0. The molecule has 0 spiro atoms. The van der Waals surface area contributed by atoms with Gasteiger partial charge in [-0.1, -0.05) is 30.3 Å². The van der Waals surface area contributed by atoms with Gasteiger partial charge < -0.3 is 15.4 Å². The number of nitrogens with one attached hydrogen (secondary N) is 2. The van der Waals surface area contributed by atoms with E-state index >= 15 is 0 Å². The summed E-state index contributed by atoms with van der Waals surface area (Å²) < 4.78 is 5.60. The zero-order chi connectivity index (χ0) is 17.5. The maximum atomic E-state index is 12.2. The molecule has 5 heteroatoms. The van der Waals surface area contributed by atoms with E-state index in [9.17, 15) is 9.59 Å². The molecule has 1 aliphatic heterocycles. The van der Waals surface area contributed by atoms with E-state index in [1.165, 1.54) is 0 Å². The van der Waals surface area contributed by atoms with Crippen molar-refractivity contribution in [1.29, 1.82) is 0 Å². The molecule has 2 aromatic rings. The van der Waals surface area contributed by atoms with Gasteiger partial charge in [0.1, 0.15) is 0 Å². The van der Waals surface area contributed by atoms with Crippen LogP contribution in [0, 0.1) is 0 Å². The Morgan fingerprint density at radius 2 is 1.96 bits per heavy atom. The van der Waals surface area contributed by atoms with Crippen LogP contribution in [0.2, 0.25) is 0 Å². The number of benzene rings is 2. The molecule has 1 heterocycles. The Morgan fingerprint density at radius 3 is 2.80 bits per heavy atom. The van der Waals surface area contributed by atoms with E-state index < -0.39 is 0 Å². The van der Waals surface area contributed by atoms with Gasteiger partial charge in [-0.3, -0.25) is 9.59 Å². The third kappa shape index (κ3) is 4.90. The molecule has 5 nitrogen and oxygen atoms in total. The minimum absolute atomic E-state index is 0.0280. The van der Waals surface area contributed by atoms with Crippen LogP contribution in [0.1, 0.15) is 34.3 Å². The van der Waals surface area contributed by atoms with Gasteiger partial charge in [-0.05, 0) is 42.2 Å². The Morgan fingerprint density at radius 1 is 1.12 bits per heavy atom. The molecule has 2 N–H and O–H groups in total. The van der Waals surface area contributed by atoms with Gasteiger partial charge in [0.2, 0.25) is 5.91 Å². The predicted octanol–water partition coefficient (Wildman–Crippen LogP) is 2.91. The third-order valence-corrected chi connectivity index (χ3v) is 4.13. The van der Waals surface area contributed by atoms with E-state index in [1.54, 1.807) is 12.1 Å². The molecule has 0 aliphatic carbocycles. The van der Waals surface area contributed by atoms with E-state index in [4.69, 9.17) is 4.74 Å². The van der Waals surface area contributed by atoms with Crippen molar-refractivity contribution >= 4 is 17.5 Å². The van der Waals surface area contributed by atoms with Crippen LogP contribution in [0.15, 0.2) is 48.5 Å². The van der Waals surface area contributed by atoms with Crippen LogP contribution in [0.25, 0.3) is 0 Å². The summed E-state index contributed by atoms with van der Waals surface area (Å²) in [5, 5.41) is 5.73. The first-order chi connectivity index (χ1) is 12.2. The fraction of sp³-hybridized carbons (Fsp3) is 0.300. The SMILES string of the molecule is O=C1CCc2cc(C(=O)NCCCOCc3ccccc3)ccc2N1. The van der Waals surface area contributed by atoms with Crippen LogP contribution < -0.4 is 10.6 Å². The number of amides is 2. The van der Waals surface area contributed by atoms with Crippen molar-refractivity contribution in [2.45, 2.75) is 25.9 Å². The Bertz CT molecular complexity index is 744. The van der Waals surface area contributed by atoms with E-state index in [2.05, 4.69) is 10.6 Å². The van der Waals surface area contributed by atoms with Gasteiger partial charge in [-0.25, -0.2) is 0 Å². The lowest BCUT2D eigenvalue weighted by Gasteiger charge is -2.17. The number of fused-ring (bicyclic) bond motifs is 1. The number of aryl methyl sites for hydroxylation is 1. The molecule has 25 heavy (non-hydrogen) atoms. The number of anilines is 1. The number of rotatable bonds is 7. The van der Waals surface area contributed by atoms with Crippen LogP contribution in [0.3, 0.4) is 0 Å². The van der Waals surface area contributed by atoms with Gasteiger partial charge in [-0.15, -0.1) is 0 Å². The average Bonchev–Trinajstić information content (AvgIpc) is 2.64. The summed E-state index contributed by atoms with van der Waals surface area (Å²) in [7, 11) is 0. The molecular formula is C20H22N2O3. The van der Waals surface area contributed by atoms with Gasteiger partial charge in [0, 0.05) is 30.8 Å². The second-order valence-corrected chi connectivity index (χ2v) is 6.07. The summed E-state index contributed by atoms with van der Waals surface area (Å²) in [5.74, 6) is -0.0667. The zero-order valence-corrected chi connectivity index (χ0v) is 14.1. The number of carbonyl (C=O) groups is 2. The first-order valence-corrected chi connectivity index (χ1v) is 8.55. The lowest BCUT2D eigenvalue weighted by Crippen LogP contribution is -2.26. The molecule has 2 aromatic carbocycles. The first-order valence-electron chi connectivity index (χ1n) is 8.55. The fourth-order valence-electron chi connectivity index (χ4n) is 2.77. The molecule has 130 valence electrons. The second kappa shape index (κ2) is 8.44. The zero-order valence-electron chi connectivity index (χ0n) is 14.1. The molecule has 1 aliphatic rings. The number of carbonyl (C=O) groups excluding carboxylic acids is 2. The van der Waals surface area contributed by atoms with Gasteiger partial charge in [0.15, 0.2) is 0 Å². The Kier molecular flexibility index (Phi) is 5.80. The van der Waals surface area contributed by atoms with E-state index in [-0.39, 0.29) is 11.8 Å². The fourth-order valence-corrected chi connectivity index (χ4v) is 2.77. The van der Waals surface area contributed by atoms with Crippen LogP contribution >= 0.6 is 0 Å². The molecule has 0 saturated heterocycles. The van der Waals surface area contributed by atoms with E-state index in [0.717, 1.165) is 23.2 Å². The maximum absolute atomic E-state index is 12.2. The quantitative estimate of drug-likeness (QED) is 0.763. The standard InChI is InChI=1S/C20H22N2O3/c23-19-10-8-16-13-17(7-9-18(16)22-19)20(24)21-11-4-12-25-14-15-5-2-1-3-6-15/h1-3,5-7,9,13H,4,8,10-12,14H2,(H,21,24)(H,22,23). The molecule has 0 bridgehead atoms. The molecule has 0 atom stereocenters. The predicted molar refractivity (Wildman–Crippen MR) is 96.4 cm³/mol. The highest BCUT2D eigenvalue weighted by atomic mass is 16.5. The number of hydrogen-bond acceptors (Lipinski definition) is 3. The third-order valence-electron chi connectivity index (χ3n) is 4.13. The highest BCUT2D eigenvalue weighted by Crippen LogP contribution is 2.23. The van der Waals surface area contributed by atoms with Crippen molar-refractivity contribution in [3.63, 3.8) is 0 Å². The molecule has 3 rings (SSSR count). The van der Waals surface area contributed by atoms with Crippen LogP contribution in [0.4, 0.5) is 5.69 Å².